The summed E-state index contributed by atoms with van der Waals surface area (Å²) < 4.78 is 32.2. The van der Waals surface area contributed by atoms with Gasteiger partial charge in [-0.25, -0.2) is 13.2 Å². The predicted octanol–water partition coefficient (Wildman–Crippen LogP) is 4.00. The lowest BCUT2D eigenvalue weighted by Crippen LogP contribution is -2.25. The van der Waals surface area contributed by atoms with Crippen LogP contribution >= 0.6 is 23.2 Å². The van der Waals surface area contributed by atoms with Crippen LogP contribution in [0.3, 0.4) is 0 Å². The van der Waals surface area contributed by atoms with Gasteiger partial charge in [0.1, 0.15) is 6.07 Å². The average molecular weight is 437 g/mol. The summed E-state index contributed by atoms with van der Waals surface area (Å²) in [6.45, 7) is 1.48. The molecule has 0 fully saturated rings. The van der Waals surface area contributed by atoms with E-state index < -0.39 is 16.0 Å². The minimum Gasteiger partial charge on any atom is -0.462 e. The van der Waals surface area contributed by atoms with Gasteiger partial charge in [0.05, 0.1) is 23.7 Å². The third kappa shape index (κ3) is 3.47. The Hall–Kier alpha value is -2.53. The van der Waals surface area contributed by atoms with Gasteiger partial charge in [-0.3, -0.25) is 4.31 Å². The van der Waals surface area contributed by atoms with Crippen molar-refractivity contribution in [2.24, 2.45) is 0 Å². The number of sulfonamides is 1. The van der Waals surface area contributed by atoms with Gasteiger partial charge in [0.2, 0.25) is 0 Å². The van der Waals surface area contributed by atoms with Crippen LogP contribution in [0.5, 0.6) is 0 Å². The van der Waals surface area contributed by atoms with Gasteiger partial charge in [0.25, 0.3) is 10.0 Å². The van der Waals surface area contributed by atoms with Crippen molar-refractivity contribution in [3.63, 3.8) is 0 Å². The molecule has 0 aromatic heterocycles. The van der Waals surface area contributed by atoms with Gasteiger partial charge in [-0.15, -0.1) is 0 Å². The molecule has 28 heavy (non-hydrogen) atoms. The Morgan fingerprint density at radius 3 is 2.57 bits per heavy atom. The Labute approximate surface area is 172 Å². The van der Waals surface area contributed by atoms with Crippen molar-refractivity contribution in [3.05, 3.63) is 69.2 Å². The van der Waals surface area contributed by atoms with Gasteiger partial charge < -0.3 is 4.74 Å². The number of carbonyl (C=O) groups is 1. The van der Waals surface area contributed by atoms with Gasteiger partial charge >= 0.3 is 5.97 Å². The Kier molecular flexibility index (Phi) is 5.66. The van der Waals surface area contributed by atoms with Crippen molar-refractivity contribution in [3.8, 4) is 6.07 Å². The number of halogens is 2. The van der Waals surface area contributed by atoms with Crippen LogP contribution in [0.2, 0.25) is 10.0 Å². The zero-order chi connectivity index (χ0) is 20.5. The molecule has 0 saturated carbocycles. The lowest BCUT2D eigenvalue weighted by atomic mass is 10.1. The number of benzene rings is 2. The fourth-order valence-electron chi connectivity index (χ4n) is 2.89. The minimum absolute atomic E-state index is 0.00661. The van der Waals surface area contributed by atoms with Crippen LogP contribution < -0.4 is 0 Å². The first-order chi connectivity index (χ1) is 13.3. The molecule has 3 rings (SSSR count). The summed E-state index contributed by atoms with van der Waals surface area (Å²) in [4.78, 5) is 12.3. The smallest absolute Gasteiger partial charge is 0.351 e. The van der Waals surface area contributed by atoms with Crippen molar-refractivity contribution in [2.75, 3.05) is 6.61 Å². The molecule has 2 aromatic carbocycles. The molecule has 9 heteroatoms. The molecule has 0 radical (unpaired) electrons. The highest BCUT2D eigenvalue weighted by molar-refractivity contribution is 7.90. The number of hydrogen-bond donors (Lipinski definition) is 0. The third-order valence-corrected chi connectivity index (χ3v) is 6.51. The van der Waals surface area contributed by atoms with Crippen molar-refractivity contribution >= 4 is 44.9 Å². The topological polar surface area (TPSA) is 87.5 Å². The second-order valence-corrected chi connectivity index (χ2v) is 8.47. The molecule has 0 amide bonds. The van der Waals surface area contributed by atoms with Gasteiger partial charge in [0.15, 0.2) is 5.57 Å². The number of esters is 1. The number of nitriles is 1. The van der Waals surface area contributed by atoms with E-state index in [-0.39, 0.29) is 39.9 Å². The molecular formula is C19H14Cl2N2O4S. The number of carbonyl (C=O) groups excluding carboxylic acids is 1. The van der Waals surface area contributed by atoms with Gasteiger partial charge in [-0.1, -0.05) is 47.5 Å². The molecule has 2 aromatic rings. The second-order valence-electron chi connectivity index (χ2n) is 5.80. The molecule has 0 N–H and O–H groups in total. The molecule has 0 saturated heterocycles. The molecule has 1 aliphatic heterocycles. The summed E-state index contributed by atoms with van der Waals surface area (Å²) in [5, 5.41) is 10.3. The van der Waals surface area contributed by atoms with Gasteiger partial charge in [-0.05, 0) is 30.7 Å². The quantitative estimate of drug-likeness (QED) is 0.410. The first kappa shape index (κ1) is 20.2. The van der Waals surface area contributed by atoms with Crippen LogP contribution in [0.15, 0.2) is 52.9 Å². The molecule has 0 atom stereocenters. The Bertz CT molecular complexity index is 1140. The summed E-state index contributed by atoms with van der Waals surface area (Å²) in [5.74, 6) is -0.890. The van der Waals surface area contributed by atoms with E-state index >= 15 is 0 Å². The predicted molar refractivity (Wildman–Crippen MR) is 105 cm³/mol. The summed E-state index contributed by atoms with van der Waals surface area (Å²) >= 11 is 12.1. The standard InChI is InChI=1S/C19H14Cl2N2O4S/c1-2-27-19(24)15(10-22)18-14-5-3-4-6-17(14)28(25,26)23(18)11-12-7-8-13(20)9-16(12)21/h3-9H,2,11H2,1H3/b18-15-. The number of ether oxygens (including phenoxy) is 1. The number of fused-ring (bicyclic) bond motifs is 1. The highest BCUT2D eigenvalue weighted by atomic mass is 35.5. The second kappa shape index (κ2) is 7.84. The first-order valence-corrected chi connectivity index (χ1v) is 10.4. The third-order valence-electron chi connectivity index (χ3n) is 4.12. The van der Waals surface area contributed by atoms with Crippen molar-refractivity contribution in [2.45, 2.75) is 18.4 Å². The molecule has 0 spiro atoms. The highest BCUT2D eigenvalue weighted by Crippen LogP contribution is 2.42. The molecule has 0 bridgehead atoms. The molecule has 6 nitrogen and oxygen atoms in total. The van der Waals surface area contributed by atoms with Gasteiger partial charge in [-0.2, -0.15) is 5.26 Å². The van der Waals surface area contributed by atoms with Crippen LogP contribution in [0, 0.1) is 11.3 Å². The zero-order valence-corrected chi connectivity index (χ0v) is 17.0. The molecule has 1 aliphatic rings. The maximum absolute atomic E-state index is 13.1. The van der Waals surface area contributed by atoms with E-state index in [2.05, 4.69) is 0 Å². The number of nitrogens with zero attached hydrogens (tertiary/aromatic N) is 2. The molecule has 0 aliphatic carbocycles. The lowest BCUT2D eigenvalue weighted by Gasteiger charge is -2.21. The van der Waals surface area contributed by atoms with Crippen LogP contribution in [0.25, 0.3) is 5.70 Å². The van der Waals surface area contributed by atoms with E-state index in [1.807, 2.05) is 0 Å². The minimum atomic E-state index is -4.00. The van der Waals surface area contributed by atoms with E-state index in [0.717, 1.165) is 4.31 Å². The first-order valence-electron chi connectivity index (χ1n) is 8.18. The Balaban J connectivity index is 2.24. The Morgan fingerprint density at radius 1 is 1.21 bits per heavy atom. The van der Waals surface area contributed by atoms with Crippen molar-refractivity contribution in [1.29, 1.82) is 5.26 Å². The largest absolute Gasteiger partial charge is 0.462 e. The van der Waals surface area contributed by atoms with Crippen LogP contribution in [0.1, 0.15) is 18.1 Å². The van der Waals surface area contributed by atoms with Crippen LogP contribution in [0.4, 0.5) is 0 Å². The lowest BCUT2D eigenvalue weighted by molar-refractivity contribution is -0.137. The Morgan fingerprint density at radius 2 is 1.93 bits per heavy atom. The van der Waals surface area contributed by atoms with E-state index in [4.69, 9.17) is 27.9 Å². The maximum Gasteiger partial charge on any atom is 0.351 e. The normalized spacial score (nSPS) is 16.3. The summed E-state index contributed by atoms with van der Waals surface area (Å²) in [5.41, 5.74) is 0.321. The molecule has 0 unspecified atom stereocenters. The fourth-order valence-corrected chi connectivity index (χ4v) is 5.02. The number of rotatable bonds is 4. The monoisotopic (exact) mass is 436 g/mol. The SMILES string of the molecule is CCOC(=O)/C(C#N)=C1/c2ccccc2S(=O)(=O)N1Cc1ccc(Cl)cc1Cl. The zero-order valence-electron chi connectivity index (χ0n) is 14.6. The van der Waals surface area contributed by atoms with Gasteiger partial charge in [0, 0.05) is 15.6 Å². The van der Waals surface area contributed by atoms with E-state index in [1.54, 1.807) is 43.3 Å². The fraction of sp³-hybridized carbons (Fsp3) is 0.158. The summed E-state index contributed by atoms with van der Waals surface area (Å²) in [6, 6.07) is 12.6. The number of hydrogen-bond acceptors (Lipinski definition) is 5. The highest BCUT2D eigenvalue weighted by Gasteiger charge is 2.41. The summed E-state index contributed by atoms with van der Waals surface area (Å²) in [7, 11) is -4.00. The molecule has 144 valence electrons. The average Bonchev–Trinajstić information content (AvgIpc) is 2.86. The maximum atomic E-state index is 13.1. The van der Waals surface area contributed by atoms with E-state index in [9.17, 15) is 18.5 Å². The van der Waals surface area contributed by atoms with Crippen molar-refractivity contribution in [1.82, 2.24) is 4.31 Å². The van der Waals surface area contributed by atoms with E-state index in [0.29, 0.717) is 10.6 Å². The van der Waals surface area contributed by atoms with Crippen LogP contribution in [-0.2, 0) is 26.1 Å². The molecule has 1 heterocycles. The van der Waals surface area contributed by atoms with E-state index in [1.165, 1.54) is 12.1 Å². The van der Waals surface area contributed by atoms with Crippen molar-refractivity contribution < 1.29 is 17.9 Å². The molecular weight excluding hydrogens is 423 g/mol. The van der Waals surface area contributed by atoms with Crippen LogP contribution in [-0.4, -0.2) is 25.3 Å². The summed E-state index contributed by atoms with van der Waals surface area (Å²) in [6.07, 6.45) is 0.